The zero-order valence-corrected chi connectivity index (χ0v) is 10.9. The summed E-state index contributed by atoms with van der Waals surface area (Å²) in [5.41, 5.74) is 0.600. The fraction of sp³-hybridized carbons (Fsp3) is 0.533. The summed E-state index contributed by atoms with van der Waals surface area (Å²) in [6, 6.07) is 10.3. The Labute approximate surface area is 108 Å². The van der Waals surface area contributed by atoms with E-state index < -0.39 is 11.5 Å². The molecule has 1 unspecified atom stereocenters. The summed E-state index contributed by atoms with van der Waals surface area (Å²) < 4.78 is 0. The van der Waals surface area contributed by atoms with Gasteiger partial charge in [0.25, 0.3) is 0 Å². The zero-order valence-electron chi connectivity index (χ0n) is 10.9. The van der Waals surface area contributed by atoms with Crippen LogP contribution < -0.4 is 0 Å². The Morgan fingerprint density at radius 3 is 2.72 bits per heavy atom. The standard InChI is InChI=1S/C15H21NO2/c1-15(14(17)18)10-5-6-11-16(15)12-9-13-7-3-2-4-8-13/h2-4,7-8H,5-6,9-12H2,1H3,(H,17,18). The van der Waals surface area contributed by atoms with Gasteiger partial charge in [-0.25, -0.2) is 0 Å². The molecule has 0 saturated carbocycles. The van der Waals surface area contributed by atoms with Crippen molar-refractivity contribution in [2.45, 2.75) is 38.1 Å². The summed E-state index contributed by atoms with van der Waals surface area (Å²) in [6.07, 6.45) is 3.81. The van der Waals surface area contributed by atoms with Crippen molar-refractivity contribution in [3.05, 3.63) is 35.9 Å². The van der Waals surface area contributed by atoms with Crippen LogP contribution >= 0.6 is 0 Å². The minimum atomic E-state index is -0.685. The maximum Gasteiger partial charge on any atom is 0.323 e. The molecule has 2 rings (SSSR count). The van der Waals surface area contributed by atoms with Crippen molar-refractivity contribution in [1.82, 2.24) is 4.90 Å². The number of piperidine rings is 1. The van der Waals surface area contributed by atoms with Gasteiger partial charge in [-0.2, -0.15) is 0 Å². The molecule has 18 heavy (non-hydrogen) atoms. The number of carboxylic acids is 1. The minimum absolute atomic E-state index is 0.674. The second kappa shape index (κ2) is 5.53. The van der Waals surface area contributed by atoms with Crippen LogP contribution in [-0.4, -0.2) is 34.6 Å². The summed E-state index contributed by atoms with van der Waals surface area (Å²) in [4.78, 5) is 13.6. The maximum absolute atomic E-state index is 11.5. The van der Waals surface area contributed by atoms with Gasteiger partial charge in [-0.3, -0.25) is 9.69 Å². The summed E-state index contributed by atoms with van der Waals surface area (Å²) in [6.45, 7) is 3.59. The van der Waals surface area contributed by atoms with Gasteiger partial charge in [0, 0.05) is 6.54 Å². The molecule has 0 spiro atoms. The Morgan fingerprint density at radius 2 is 2.06 bits per heavy atom. The van der Waals surface area contributed by atoms with E-state index in [2.05, 4.69) is 17.0 Å². The van der Waals surface area contributed by atoms with Gasteiger partial charge in [0.2, 0.25) is 0 Å². The Kier molecular flexibility index (Phi) is 4.02. The van der Waals surface area contributed by atoms with Crippen molar-refractivity contribution >= 4 is 5.97 Å². The predicted octanol–water partition coefficient (Wildman–Crippen LogP) is 2.56. The van der Waals surface area contributed by atoms with Gasteiger partial charge in [-0.15, -0.1) is 0 Å². The molecule has 1 N–H and O–H groups in total. The Bertz CT molecular complexity index is 404. The average Bonchev–Trinajstić information content (AvgIpc) is 2.39. The van der Waals surface area contributed by atoms with Crippen LogP contribution in [0.15, 0.2) is 30.3 Å². The van der Waals surface area contributed by atoms with Crippen molar-refractivity contribution in [3.63, 3.8) is 0 Å². The van der Waals surface area contributed by atoms with Crippen LogP contribution in [0.25, 0.3) is 0 Å². The third-order valence-corrected chi connectivity index (χ3v) is 4.01. The largest absolute Gasteiger partial charge is 0.480 e. The maximum atomic E-state index is 11.5. The molecule has 0 aliphatic carbocycles. The molecule has 1 atom stereocenters. The lowest BCUT2D eigenvalue weighted by atomic mass is 9.88. The smallest absolute Gasteiger partial charge is 0.323 e. The molecule has 98 valence electrons. The third-order valence-electron chi connectivity index (χ3n) is 4.01. The van der Waals surface area contributed by atoms with E-state index in [1.807, 2.05) is 25.1 Å². The normalized spacial score (nSPS) is 24.9. The van der Waals surface area contributed by atoms with Crippen molar-refractivity contribution in [3.8, 4) is 0 Å². The molecule has 0 bridgehead atoms. The zero-order chi connectivity index (χ0) is 13.0. The van der Waals surface area contributed by atoms with Crippen LogP contribution in [0, 0.1) is 0 Å². The highest BCUT2D eigenvalue weighted by molar-refractivity contribution is 5.78. The van der Waals surface area contributed by atoms with Gasteiger partial charge < -0.3 is 5.11 Å². The molecule has 1 aromatic carbocycles. The molecule has 1 aliphatic heterocycles. The molecule has 0 radical (unpaired) electrons. The van der Waals surface area contributed by atoms with Crippen LogP contribution in [0.2, 0.25) is 0 Å². The minimum Gasteiger partial charge on any atom is -0.480 e. The van der Waals surface area contributed by atoms with Crippen molar-refractivity contribution in [2.24, 2.45) is 0 Å². The lowest BCUT2D eigenvalue weighted by Crippen LogP contribution is -2.55. The number of hydrogen-bond donors (Lipinski definition) is 1. The lowest BCUT2D eigenvalue weighted by Gasteiger charge is -2.41. The van der Waals surface area contributed by atoms with E-state index >= 15 is 0 Å². The SMILES string of the molecule is CC1(C(=O)O)CCCCN1CCc1ccccc1. The molecule has 0 amide bonds. The molecule has 0 aromatic heterocycles. The molecule has 1 aromatic rings. The fourth-order valence-electron chi connectivity index (χ4n) is 2.69. The topological polar surface area (TPSA) is 40.5 Å². The van der Waals surface area contributed by atoms with Gasteiger partial charge in [0.05, 0.1) is 0 Å². The van der Waals surface area contributed by atoms with Crippen LogP contribution in [0.5, 0.6) is 0 Å². The first-order chi connectivity index (χ1) is 8.63. The number of rotatable bonds is 4. The Balaban J connectivity index is 2.00. The Hall–Kier alpha value is -1.35. The van der Waals surface area contributed by atoms with E-state index in [0.29, 0.717) is 0 Å². The average molecular weight is 247 g/mol. The van der Waals surface area contributed by atoms with Crippen molar-refractivity contribution < 1.29 is 9.90 Å². The molecule has 1 heterocycles. The first-order valence-corrected chi connectivity index (χ1v) is 6.65. The van der Waals surface area contributed by atoms with Gasteiger partial charge in [0.1, 0.15) is 5.54 Å². The predicted molar refractivity (Wildman–Crippen MR) is 71.6 cm³/mol. The summed E-state index contributed by atoms with van der Waals surface area (Å²) in [5, 5.41) is 9.42. The molecular weight excluding hydrogens is 226 g/mol. The molecule has 3 heteroatoms. The van der Waals surface area contributed by atoms with Gasteiger partial charge in [-0.1, -0.05) is 30.3 Å². The van der Waals surface area contributed by atoms with Crippen molar-refractivity contribution in [1.29, 1.82) is 0 Å². The molecular formula is C15H21NO2. The first kappa shape index (κ1) is 13.1. The van der Waals surface area contributed by atoms with Crippen LogP contribution in [0.4, 0.5) is 0 Å². The van der Waals surface area contributed by atoms with E-state index in [9.17, 15) is 9.90 Å². The van der Waals surface area contributed by atoms with Gasteiger partial charge in [0.15, 0.2) is 0 Å². The van der Waals surface area contributed by atoms with Crippen molar-refractivity contribution in [2.75, 3.05) is 13.1 Å². The third kappa shape index (κ3) is 2.72. The number of likely N-dealkylation sites (tertiary alicyclic amines) is 1. The number of nitrogens with zero attached hydrogens (tertiary/aromatic N) is 1. The number of benzene rings is 1. The summed E-state index contributed by atoms with van der Waals surface area (Å²) in [7, 11) is 0. The second-order valence-corrected chi connectivity index (χ2v) is 5.26. The van der Waals surface area contributed by atoms with E-state index in [4.69, 9.17) is 0 Å². The van der Waals surface area contributed by atoms with Gasteiger partial charge in [-0.05, 0) is 44.7 Å². The molecule has 1 fully saturated rings. The highest BCUT2D eigenvalue weighted by atomic mass is 16.4. The highest BCUT2D eigenvalue weighted by Crippen LogP contribution is 2.28. The van der Waals surface area contributed by atoms with Crippen LogP contribution in [-0.2, 0) is 11.2 Å². The fourth-order valence-corrected chi connectivity index (χ4v) is 2.69. The number of hydrogen-bond acceptors (Lipinski definition) is 2. The molecule has 1 aliphatic rings. The molecule has 1 saturated heterocycles. The van der Waals surface area contributed by atoms with E-state index in [-0.39, 0.29) is 0 Å². The monoisotopic (exact) mass is 247 g/mol. The van der Waals surface area contributed by atoms with Gasteiger partial charge >= 0.3 is 5.97 Å². The number of aliphatic carboxylic acids is 1. The van der Waals surface area contributed by atoms with E-state index in [1.165, 1.54) is 5.56 Å². The van der Waals surface area contributed by atoms with Crippen LogP contribution in [0.1, 0.15) is 31.7 Å². The number of carboxylic acid groups (broad SMARTS) is 1. The molecule has 3 nitrogen and oxygen atoms in total. The lowest BCUT2D eigenvalue weighted by molar-refractivity contribution is -0.152. The summed E-state index contributed by atoms with van der Waals surface area (Å²) in [5.74, 6) is -0.685. The van der Waals surface area contributed by atoms with Crippen LogP contribution in [0.3, 0.4) is 0 Å². The van der Waals surface area contributed by atoms with E-state index in [0.717, 1.165) is 38.8 Å². The van der Waals surface area contributed by atoms with E-state index in [1.54, 1.807) is 0 Å². The highest BCUT2D eigenvalue weighted by Gasteiger charge is 2.40. The number of carbonyl (C=O) groups is 1. The first-order valence-electron chi connectivity index (χ1n) is 6.65. The summed E-state index contributed by atoms with van der Waals surface area (Å²) >= 11 is 0. The quantitative estimate of drug-likeness (QED) is 0.889. The second-order valence-electron chi connectivity index (χ2n) is 5.26. The Morgan fingerprint density at radius 1 is 1.33 bits per heavy atom.